The molecular weight excluding hydrogens is 336 g/mol. The van der Waals surface area contributed by atoms with Crippen LogP contribution in [0.1, 0.15) is 37.8 Å². The molecule has 0 aliphatic heterocycles. The van der Waals surface area contributed by atoms with Crippen LogP contribution in [-0.4, -0.2) is 35.8 Å². The van der Waals surface area contributed by atoms with E-state index < -0.39 is 6.04 Å². The van der Waals surface area contributed by atoms with Crippen molar-refractivity contribution in [3.05, 3.63) is 71.8 Å². The van der Waals surface area contributed by atoms with Gasteiger partial charge in [-0.15, -0.1) is 0 Å². The van der Waals surface area contributed by atoms with Crippen LogP contribution in [0.2, 0.25) is 0 Å². The molecule has 144 valence electrons. The van der Waals surface area contributed by atoms with E-state index in [4.69, 9.17) is 0 Å². The molecule has 0 unspecified atom stereocenters. The van der Waals surface area contributed by atoms with Crippen molar-refractivity contribution in [1.82, 2.24) is 10.2 Å². The Hall–Kier alpha value is -2.62. The summed E-state index contributed by atoms with van der Waals surface area (Å²) in [6, 6.07) is 19.4. The van der Waals surface area contributed by atoms with E-state index in [1.165, 1.54) is 5.56 Å². The maximum Gasteiger partial charge on any atom is 0.242 e. The molecule has 1 atom stereocenters. The Bertz CT molecular complexity index is 701. The largest absolute Gasteiger partial charge is 0.354 e. The lowest BCUT2D eigenvalue weighted by atomic mass is 10.1. The molecule has 2 amide bonds. The zero-order valence-corrected chi connectivity index (χ0v) is 16.4. The van der Waals surface area contributed by atoms with Crippen molar-refractivity contribution in [1.29, 1.82) is 0 Å². The number of benzene rings is 2. The highest BCUT2D eigenvalue weighted by molar-refractivity contribution is 5.88. The quantitative estimate of drug-likeness (QED) is 0.698. The summed E-state index contributed by atoms with van der Waals surface area (Å²) in [6.07, 6.45) is 2.53. The lowest BCUT2D eigenvalue weighted by Gasteiger charge is -2.30. The van der Waals surface area contributed by atoms with E-state index in [1.807, 2.05) is 62.4 Å². The minimum absolute atomic E-state index is 0.00405. The van der Waals surface area contributed by atoms with Crippen molar-refractivity contribution in [3.63, 3.8) is 0 Å². The highest BCUT2D eigenvalue weighted by atomic mass is 16.2. The summed E-state index contributed by atoms with van der Waals surface area (Å²) in [5.74, 6) is -0.0653. The van der Waals surface area contributed by atoms with E-state index >= 15 is 0 Å². The first-order valence-corrected chi connectivity index (χ1v) is 9.80. The minimum atomic E-state index is -0.434. The summed E-state index contributed by atoms with van der Waals surface area (Å²) in [5, 5.41) is 2.95. The number of carbonyl (C=O) groups is 2. The fourth-order valence-corrected chi connectivity index (χ4v) is 3.13. The molecule has 0 heterocycles. The van der Waals surface area contributed by atoms with Gasteiger partial charge in [-0.05, 0) is 30.4 Å². The van der Waals surface area contributed by atoms with Crippen molar-refractivity contribution in [3.8, 4) is 0 Å². The van der Waals surface area contributed by atoms with E-state index in [-0.39, 0.29) is 11.8 Å². The molecule has 0 aromatic heterocycles. The van der Waals surface area contributed by atoms with Crippen LogP contribution in [0.5, 0.6) is 0 Å². The van der Waals surface area contributed by atoms with Crippen LogP contribution in [0, 0.1) is 0 Å². The van der Waals surface area contributed by atoms with Crippen molar-refractivity contribution < 1.29 is 9.59 Å². The number of nitrogens with one attached hydrogen (secondary N) is 1. The molecule has 27 heavy (non-hydrogen) atoms. The molecule has 2 rings (SSSR count). The Balaban J connectivity index is 2.14. The lowest BCUT2D eigenvalue weighted by molar-refractivity contribution is -0.140. The lowest BCUT2D eigenvalue weighted by Crippen LogP contribution is -2.50. The Labute approximate surface area is 162 Å². The first-order chi connectivity index (χ1) is 13.2. The second-order valence-electron chi connectivity index (χ2n) is 6.70. The van der Waals surface area contributed by atoms with Gasteiger partial charge in [0.1, 0.15) is 6.04 Å². The van der Waals surface area contributed by atoms with Crippen LogP contribution in [0.4, 0.5) is 0 Å². The van der Waals surface area contributed by atoms with Gasteiger partial charge in [0.2, 0.25) is 11.8 Å². The molecule has 0 aliphatic carbocycles. The standard InChI is InChI=1S/C23H30N2O2/c1-3-16-24-23(27)21(4-2)25(17-15-19-11-7-5-8-12-19)22(26)18-20-13-9-6-10-14-20/h5-14,21H,3-4,15-18H2,1-2H3,(H,24,27)/t21-/m1/s1. The molecule has 0 saturated heterocycles. The van der Waals surface area contributed by atoms with Crippen LogP contribution in [-0.2, 0) is 22.4 Å². The molecule has 0 aliphatic rings. The third-order valence-electron chi connectivity index (χ3n) is 4.62. The zero-order valence-electron chi connectivity index (χ0n) is 16.4. The summed E-state index contributed by atoms with van der Waals surface area (Å²) in [6.45, 7) is 5.15. The number of amides is 2. The summed E-state index contributed by atoms with van der Waals surface area (Å²) < 4.78 is 0. The summed E-state index contributed by atoms with van der Waals surface area (Å²) >= 11 is 0. The van der Waals surface area contributed by atoms with Crippen molar-refractivity contribution in [2.45, 2.75) is 45.6 Å². The molecule has 0 bridgehead atoms. The predicted octanol–water partition coefficient (Wildman–Crippen LogP) is 3.61. The monoisotopic (exact) mass is 366 g/mol. The molecule has 1 N–H and O–H groups in total. The topological polar surface area (TPSA) is 49.4 Å². The van der Waals surface area contributed by atoms with Gasteiger partial charge >= 0.3 is 0 Å². The van der Waals surface area contributed by atoms with Gasteiger partial charge in [0.05, 0.1) is 6.42 Å². The van der Waals surface area contributed by atoms with Crippen LogP contribution < -0.4 is 5.32 Å². The molecule has 0 saturated carbocycles. The van der Waals surface area contributed by atoms with Gasteiger partial charge in [-0.25, -0.2) is 0 Å². The van der Waals surface area contributed by atoms with Gasteiger partial charge in [0.15, 0.2) is 0 Å². The molecule has 2 aromatic carbocycles. The zero-order chi connectivity index (χ0) is 19.5. The van der Waals surface area contributed by atoms with Gasteiger partial charge in [-0.2, -0.15) is 0 Å². The summed E-state index contributed by atoms with van der Waals surface area (Å²) in [5.41, 5.74) is 2.13. The Morgan fingerprint density at radius 1 is 0.926 bits per heavy atom. The summed E-state index contributed by atoms with van der Waals surface area (Å²) in [4.78, 5) is 27.5. The highest BCUT2D eigenvalue weighted by Gasteiger charge is 2.27. The smallest absolute Gasteiger partial charge is 0.242 e. The van der Waals surface area contributed by atoms with E-state index in [2.05, 4.69) is 17.4 Å². The highest BCUT2D eigenvalue weighted by Crippen LogP contribution is 2.12. The molecule has 0 fully saturated rings. The van der Waals surface area contributed by atoms with Gasteiger partial charge in [-0.3, -0.25) is 9.59 Å². The van der Waals surface area contributed by atoms with E-state index in [0.717, 1.165) is 18.4 Å². The third kappa shape index (κ3) is 6.55. The fraction of sp³-hybridized carbons (Fsp3) is 0.391. The first-order valence-electron chi connectivity index (χ1n) is 9.80. The van der Waals surface area contributed by atoms with Crippen molar-refractivity contribution in [2.75, 3.05) is 13.1 Å². The van der Waals surface area contributed by atoms with Gasteiger partial charge in [0, 0.05) is 13.1 Å². The van der Waals surface area contributed by atoms with Gasteiger partial charge < -0.3 is 10.2 Å². The minimum Gasteiger partial charge on any atom is -0.354 e. The van der Waals surface area contributed by atoms with Crippen LogP contribution in [0.15, 0.2) is 60.7 Å². The first kappa shape index (κ1) is 20.7. The normalized spacial score (nSPS) is 11.6. The van der Waals surface area contributed by atoms with Gasteiger partial charge in [-0.1, -0.05) is 74.5 Å². The Morgan fingerprint density at radius 3 is 2.07 bits per heavy atom. The van der Waals surface area contributed by atoms with E-state index in [0.29, 0.717) is 25.9 Å². The summed E-state index contributed by atoms with van der Waals surface area (Å²) in [7, 11) is 0. The van der Waals surface area contributed by atoms with E-state index in [1.54, 1.807) is 4.90 Å². The number of hydrogen-bond donors (Lipinski definition) is 1. The van der Waals surface area contributed by atoms with Crippen molar-refractivity contribution in [2.24, 2.45) is 0 Å². The maximum absolute atomic E-state index is 13.1. The Kier molecular flexibility index (Phi) is 8.56. The molecule has 0 radical (unpaired) electrons. The molecule has 4 heteroatoms. The second kappa shape index (κ2) is 11.2. The Morgan fingerprint density at radius 2 is 1.52 bits per heavy atom. The van der Waals surface area contributed by atoms with Crippen LogP contribution in [0.3, 0.4) is 0 Å². The second-order valence-corrected chi connectivity index (χ2v) is 6.70. The van der Waals surface area contributed by atoms with Gasteiger partial charge in [0.25, 0.3) is 0 Å². The number of carbonyl (C=O) groups excluding carboxylic acids is 2. The molecule has 4 nitrogen and oxygen atoms in total. The molecule has 2 aromatic rings. The molecular formula is C23H30N2O2. The number of nitrogens with zero attached hydrogens (tertiary/aromatic N) is 1. The average Bonchev–Trinajstić information content (AvgIpc) is 2.70. The SMILES string of the molecule is CCCNC(=O)[C@@H](CC)N(CCc1ccccc1)C(=O)Cc1ccccc1. The molecule has 0 spiro atoms. The van der Waals surface area contributed by atoms with Crippen LogP contribution in [0.25, 0.3) is 0 Å². The third-order valence-corrected chi connectivity index (χ3v) is 4.62. The predicted molar refractivity (Wildman–Crippen MR) is 109 cm³/mol. The maximum atomic E-state index is 13.1. The fourth-order valence-electron chi connectivity index (χ4n) is 3.13. The average molecular weight is 367 g/mol. The number of hydrogen-bond acceptors (Lipinski definition) is 2. The van der Waals surface area contributed by atoms with E-state index in [9.17, 15) is 9.59 Å². The van der Waals surface area contributed by atoms with Crippen molar-refractivity contribution >= 4 is 11.8 Å². The number of rotatable bonds is 10. The van der Waals surface area contributed by atoms with Crippen LogP contribution >= 0.6 is 0 Å².